The lowest BCUT2D eigenvalue weighted by molar-refractivity contribution is -0.140. The van der Waals surface area contributed by atoms with Crippen molar-refractivity contribution in [3.63, 3.8) is 0 Å². The van der Waals surface area contributed by atoms with E-state index in [0.717, 1.165) is 6.42 Å². The molecule has 0 saturated heterocycles. The lowest BCUT2D eigenvalue weighted by Crippen LogP contribution is -2.38. The van der Waals surface area contributed by atoms with E-state index in [1.165, 1.54) is 0 Å². The van der Waals surface area contributed by atoms with Crippen LogP contribution >= 0.6 is 0 Å². The van der Waals surface area contributed by atoms with Crippen LogP contribution in [0.4, 0.5) is 0 Å². The molecule has 90 valence electrons. The van der Waals surface area contributed by atoms with Crippen molar-refractivity contribution in [3.05, 3.63) is 0 Å². The fraction of sp³-hybridized carbons (Fsp3) is 0.700. The summed E-state index contributed by atoms with van der Waals surface area (Å²) in [6.07, 6.45) is 1.21. The standard InChI is InChI=1S/C10H16N2O4/c1-2-3-11-8(13)5-12-9(14)6-4-7(6)10(15)16/h6-7H,2-5H2,1H3,(H,11,13)(H,12,14)(H,15,16). The second-order valence-corrected chi connectivity index (χ2v) is 3.85. The second-order valence-electron chi connectivity index (χ2n) is 3.85. The van der Waals surface area contributed by atoms with Crippen molar-refractivity contribution in [2.75, 3.05) is 13.1 Å². The number of nitrogens with one attached hydrogen (secondary N) is 2. The van der Waals surface area contributed by atoms with E-state index in [9.17, 15) is 14.4 Å². The first-order chi connectivity index (χ1) is 7.56. The van der Waals surface area contributed by atoms with Crippen LogP contribution in [0.3, 0.4) is 0 Å². The number of carboxylic acids is 1. The summed E-state index contributed by atoms with van der Waals surface area (Å²) in [7, 11) is 0. The predicted octanol–water partition coefficient (Wildman–Crippen LogP) is -0.650. The van der Waals surface area contributed by atoms with Crippen LogP contribution in [-0.4, -0.2) is 36.0 Å². The van der Waals surface area contributed by atoms with E-state index >= 15 is 0 Å². The Morgan fingerprint density at radius 3 is 2.44 bits per heavy atom. The molecule has 1 rings (SSSR count). The van der Waals surface area contributed by atoms with Crippen LogP contribution in [0.25, 0.3) is 0 Å². The molecule has 2 atom stereocenters. The van der Waals surface area contributed by atoms with Gasteiger partial charge in [-0.05, 0) is 12.8 Å². The molecule has 0 aromatic heterocycles. The largest absolute Gasteiger partial charge is 0.481 e. The van der Waals surface area contributed by atoms with Crippen molar-refractivity contribution in [1.29, 1.82) is 0 Å². The topological polar surface area (TPSA) is 95.5 Å². The summed E-state index contributed by atoms with van der Waals surface area (Å²) in [5, 5.41) is 13.6. The van der Waals surface area contributed by atoms with Crippen LogP contribution in [0.5, 0.6) is 0 Å². The normalized spacial score (nSPS) is 22.3. The van der Waals surface area contributed by atoms with E-state index in [0.29, 0.717) is 13.0 Å². The molecule has 6 nitrogen and oxygen atoms in total. The van der Waals surface area contributed by atoms with E-state index < -0.39 is 17.8 Å². The summed E-state index contributed by atoms with van der Waals surface area (Å²) in [4.78, 5) is 33.0. The number of carboxylic acid groups (broad SMARTS) is 1. The SMILES string of the molecule is CCCNC(=O)CNC(=O)C1CC1C(=O)O. The third kappa shape index (κ3) is 3.52. The minimum Gasteiger partial charge on any atom is -0.481 e. The smallest absolute Gasteiger partial charge is 0.307 e. The highest BCUT2D eigenvalue weighted by molar-refractivity contribution is 5.91. The molecule has 0 spiro atoms. The average molecular weight is 228 g/mol. The quantitative estimate of drug-likeness (QED) is 0.563. The lowest BCUT2D eigenvalue weighted by Gasteiger charge is -2.05. The van der Waals surface area contributed by atoms with Crippen LogP contribution in [0.15, 0.2) is 0 Å². The molecule has 1 fully saturated rings. The molecule has 0 aromatic rings. The van der Waals surface area contributed by atoms with Gasteiger partial charge in [0.1, 0.15) is 0 Å². The molecule has 0 bridgehead atoms. The minimum absolute atomic E-state index is 0.0817. The van der Waals surface area contributed by atoms with Crippen molar-refractivity contribution in [3.8, 4) is 0 Å². The van der Waals surface area contributed by atoms with E-state index in [2.05, 4.69) is 10.6 Å². The molecule has 0 heterocycles. The van der Waals surface area contributed by atoms with E-state index in [1.807, 2.05) is 6.92 Å². The molecule has 2 amide bonds. The van der Waals surface area contributed by atoms with E-state index in [4.69, 9.17) is 5.11 Å². The fourth-order valence-electron chi connectivity index (χ4n) is 1.38. The van der Waals surface area contributed by atoms with Gasteiger partial charge < -0.3 is 15.7 Å². The van der Waals surface area contributed by atoms with Gasteiger partial charge in [0, 0.05) is 6.54 Å². The van der Waals surface area contributed by atoms with Crippen LogP contribution in [-0.2, 0) is 14.4 Å². The zero-order chi connectivity index (χ0) is 12.1. The third-order valence-corrected chi connectivity index (χ3v) is 2.44. The van der Waals surface area contributed by atoms with E-state index in [1.54, 1.807) is 0 Å². The van der Waals surface area contributed by atoms with Crippen LogP contribution in [0.2, 0.25) is 0 Å². The van der Waals surface area contributed by atoms with Gasteiger partial charge >= 0.3 is 5.97 Å². The lowest BCUT2D eigenvalue weighted by atomic mass is 10.3. The highest BCUT2D eigenvalue weighted by atomic mass is 16.4. The number of hydrogen-bond donors (Lipinski definition) is 3. The van der Waals surface area contributed by atoms with Gasteiger partial charge in [-0.2, -0.15) is 0 Å². The van der Waals surface area contributed by atoms with Crippen molar-refractivity contribution in [2.24, 2.45) is 11.8 Å². The molecule has 2 unspecified atom stereocenters. The molecular formula is C10H16N2O4. The summed E-state index contributed by atoms with van der Waals surface area (Å²) < 4.78 is 0. The Morgan fingerprint density at radius 1 is 1.25 bits per heavy atom. The summed E-state index contributed by atoms with van der Waals surface area (Å²) in [6.45, 7) is 2.43. The summed E-state index contributed by atoms with van der Waals surface area (Å²) >= 11 is 0. The van der Waals surface area contributed by atoms with Crippen molar-refractivity contribution >= 4 is 17.8 Å². The average Bonchev–Trinajstić information content (AvgIpc) is 3.02. The minimum atomic E-state index is -0.949. The van der Waals surface area contributed by atoms with Gasteiger partial charge in [-0.1, -0.05) is 6.92 Å². The Hall–Kier alpha value is -1.59. The predicted molar refractivity (Wildman–Crippen MR) is 55.5 cm³/mol. The van der Waals surface area contributed by atoms with Gasteiger partial charge in [-0.25, -0.2) is 0 Å². The zero-order valence-corrected chi connectivity index (χ0v) is 9.16. The number of rotatable bonds is 6. The van der Waals surface area contributed by atoms with Crippen LogP contribution in [0, 0.1) is 11.8 Å². The Labute approximate surface area is 93.4 Å². The highest BCUT2D eigenvalue weighted by Gasteiger charge is 2.48. The molecule has 3 N–H and O–H groups in total. The molecule has 0 aliphatic heterocycles. The van der Waals surface area contributed by atoms with Gasteiger partial charge in [0.25, 0.3) is 0 Å². The third-order valence-electron chi connectivity index (χ3n) is 2.44. The van der Waals surface area contributed by atoms with Crippen LogP contribution < -0.4 is 10.6 Å². The molecular weight excluding hydrogens is 212 g/mol. The summed E-state index contributed by atoms with van der Waals surface area (Å²) in [6, 6.07) is 0. The molecule has 1 aliphatic rings. The first-order valence-corrected chi connectivity index (χ1v) is 5.33. The zero-order valence-electron chi connectivity index (χ0n) is 9.16. The second kappa shape index (κ2) is 5.48. The summed E-state index contributed by atoms with van der Waals surface area (Å²) in [5.41, 5.74) is 0. The maximum atomic E-state index is 11.3. The molecule has 16 heavy (non-hydrogen) atoms. The van der Waals surface area contributed by atoms with Gasteiger partial charge in [-0.3, -0.25) is 14.4 Å². The van der Waals surface area contributed by atoms with Crippen LogP contribution in [0.1, 0.15) is 19.8 Å². The number of aliphatic carboxylic acids is 1. The first kappa shape index (κ1) is 12.5. The Morgan fingerprint density at radius 2 is 1.94 bits per heavy atom. The molecule has 1 saturated carbocycles. The summed E-state index contributed by atoms with van der Waals surface area (Å²) in [5.74, 6) is -2.58. The monoisotopic (exact) mass is 228 g/mol. The number of amides is 2. The van der Waals surface area contributed by atoms with Crippen molar-refractivity contribution in [1.82, 2.24) is 10.6 Å². The van der Waals surface area contributed by atoms with Gasteiger partial charge in [0.2, 0.25) is 11.8 Å². The first-order valence-electron chi connectivity index (χ1n) is 5.33. The van der Waals surface area contributed by atoms with E-state index in [-0.39, 0.29) is 18.4 Å². The van der Waals surface area contributed by atoms with Gasteiger partial charge in [0.15, 0.2) is 0 Å². The molecule has 6 heteroatoms. The van der Waals surface area contributed by atoms with Gasteiger partial charge in [0.05, 0.1) is 18.4 Å². The highest BCUT2D eigenvalue weighted by Crippen LogP contribution is 2.38. The molecule has 0 aromatic carbocycles. The maximum Gasteiger partial charge on any atom is 0.307 e. The molecule has 1 aliphatic carbocycles. The number of carbonyl (C=O) groups excluding carboxylic acids is 2. The van der Waals surface area contributed by atoms with Gasteiger partial charge in [-0.15, -0.1) is 0 Å². The Kier molecular flexibility index (Phi) is 4.28. The van der Waals surface area contributed by atoms with Crippen molar-refractivity contribution in [2.45, 2.75) is 19.8 Å². The Balaban J connectivity index is 2.17. The maximum absolute atomic E-state index is 11.3. The molecule has 0 radical (unpaired) electrons. The van der Waals surface area contributed by atoms with Crippen molar-refractivity contribution < 1.29 is 19.5 Å². The number of carbonyl (C=O) groups is 3. The number of hydrogen-bond acceptors (Lipinski definition) is 3. The fourth-order valence-corrected chi connectivity index (χ4v) is 1.38. The Bertz CT molecular complexity index is 303.